The molecule has 31 heavy (non-hydrogen) atoms. The summed E-state index contributed by atoms with van der Waals surface area (Å²) in [6.07, 6.45) is 1.71. The molecule has 158 valence electrons. The summed E-state index contributed by atoms with van der Waals surface area (Å²) in [4.78, 5) is 25.8. The van der Waals surface area contributed by atoms with E-state index in [9.17, 15) is 9.59 Å². The molecular weight excluding hydrogens is 388 g/mol. The average Bonchev–Trinajstić information content (AvgIpc) is 3.04. The lowest BCUT2D eigenvalue weighted by Crippen LogP contribution is -2.31. The Labute approximate surface area is 181 Å². The van der Waals surface area contributed by atoms with E-state index < -0.39 is 0 Å². The number of nitrogens with one attached hydrogen (secondary N) is 1. The zero-order valence-electron chi connectivity index (χ0n) is 18.0. The molecule has 0 saturated carbocycles. The first-order valence-electron chi connectivity index (χ1n) is 10.4. The van der Waals surface area contributed by atoms with Gasteiger partial charge in [-0.25, -0.2) is 0 Å². The Morgan fingerprint density at radius 2 is 1.65 bits per heavy atom. The van der Waals surface area contributed by atoms with Crippen molar-refractivity contribution in [2.45, 2.75) is 33.2 Å². The fourth-order valence-electron chi connectivity index (χ4n) is 3.97. The molecular formula is C25H26N4O2. The smallest absolute Gasteiger partial charge is 0.281 e. The van der Waals surface area contributed by atoms with Gasteiger partial charge in [0.2, 0.25) is 5.91 Å². The van der Waals surface area contributed by atoms with Crippen molar-refractivity contribution < 1.29 is 4.79 Å². The van der Waals surface area contributed by atoms with E-state index in [0.29, 0.717) is 17.6 Å². The quantitative estimate of drug-likeness (QED) is 0.523. The third-order valence-corrected chi connectivity index (χ3v) is 5.82. The van der Waals surface area contributed by atoms with Crippen LogP contribution < -0.4 is 10.9 Å². The highest BCUT2D eigenvalue weighted by molar-refractivity contribution is 5.88. The summed E-state index contributed by atoms with van der Waals surface area (Å²) >= 11 is 0. The second kappa shape index (κ2) is 8.60. The number of para-hydroxylation sites is 1. The van der Waals surface area contributed by atoms with Crippen LogP contribution in [0.4, 0.5) is 0 Å². The third-order valence-electron chi connectivity index (χ3n) is 5.82. The summed E-state index contributed by atoms with van der Waals surface area (Å²) in [6, 6.07) is 19.5. The van der Waals surface area contributed by atoms with E-state index in [1.807, 2.05) is 66.9 Å². The number of carbonyl (C=O) groups is 1. The molecule has 4 rings (SSSR count). The van der Waals surface area contributed by atoms with Crippen LogP contribution in [0.15, 0.2) is 71.7 Å². The third kappa shape index (κ3) is 4.01. The summed E-state index contributed by atoms with van der Waals surface area (Å²) in [5.74, 6) is 0.143. The molecule has 0 aliphatic rings. The molecule has 0 radical (unpaired) electrons. The lowest BCUT2D eigenvalue weighted by molar-refractivity contribution is -0.121. The van der Waals surface area contributed by atoms with E-state index in [4.69, 9.17) is 0 Å². The van der Waals surface area contributed by atoms with Crippen LogP contribution >= 0.6 is 0 Å². The Morgan fingerprint density at radius 3 is 2.32 bits per heavy atom. The van der Waals surface area contributed by atoms with Gasteiger partial charge in [-0.1, -0.05) is 55.5 Å². The largest absolute Gasteiger partial charge is 0.354 e. The SMILES string of the molecule is Cc1c2cnn(-c3ccccc3)c(=O)c2c(C)n1CC(=O)NCC(C)c1ccccc1. The topological polar surface area (TPSA) is 68.9 Å². The predicted octanol–water partition coefficient (Wildman–Crippen LogP) is 3.72. The molecule has 6 nitrogen and oxygen atoms in total. The molecule has 1 amide bonds. The monoisotopic (exact) mass is 414 g/mol. The lowest BCUT2D eigenvalue weighted by atomic mass is 10.0. The van der Waals surface area contributed by atoms with Gasteiger partial charge in [0, 0.05) is 23.3 Å². The second-order valence-corrected chi connectivity index (χ2v) is 7.86. The van der Waals surface area contributed by atoms with Crippen LogP contribution in [0.25, 0.3) is 16.5 Å². The zero-order valence-corrected chi connectivity index (χ0v) is 18.0. The van der Waals surface area contributed by atoms with Gasteiger partial charge in [0.1, 0.15) is 6.54 Å². The Kier molecular flexibility index (Phi) is 5.71. The van der Waals surface area contributed by atoms with Crippen molar-refractivity contribution in [1.82, 2.24) is 19.7 Å². The van der Waals surface area contributed by atoms with Crippen molar-refractivity contribution in [2.24, 2.45) is 0 Å². The Balaban J connectivity index is 1.57. The molecule has 1 N–H and O–H groups in total. The lowest BCUT2D eigenvalue weighted by Gasteiger charge is -2.14. The first kappa shape index (κ1) is 20.6. The maximum absolute atomic E-state index is 13.2. The minimum absolute atomic E-state index is 0.0781. The predicted molar refractivity (Wildman–Crippen MR) is 123 cm³/mol. The highest BCUT2D eigenvalue weighted by Gasteiger charge is 2.18. The second-order valence-electron chi connectivity index (χ2n) is 7.86. The molecule has 2 aromatic carbocycles. The number of hydrogen-bond acceptors (Lipinski definition) is 3. The van der Waals surface area contributed by atoms with Crippen molar-refractivity contribution >= 4 is 16.7 Å². The minimum Gasteiger partial charge on any atom is -0.354 e. The summed E-state index contributed by atoms with van der Waals surface area (Å²) in [5, 5.41) is 8.75. The highest BCUT2D eigenvalue weighted by atomic mass is 16.2. The van der Waals surface area contributed by atoms with Crippen LogP contribution in [-0.2, 0) is 11.3 Å². The van der Waals surface area contributed by atoms with E-state index in [1.165, 1.54) is 10.2 Å². The van der Waals surface area contributed by atoms with Crippen molar-refractivity contribution in [3.8, 4) is 5.69 Å². The van der Waals surface area contributed by atoms with E-state index >= 15 is 0 Å². The van der Waals surface area contributed by atoms with Gasteiger partial charge in [-0.3, -0.25) is 9.59 Å². The van der Waals surface area contributed by atoms with Crippen LogP contribution in [0, 0.1) is 13.8 Å². The number of nitrogens with zero attached hydrogens (tertiary/aromatic N) is 3. The van der Waals surface area contributed by atoms with Crippen molar-refractivity contribution in [3.63, 3.8) is 0 Å². The maximum Gasteiger partial charge on any atom is 0.281 e. The number of amides is 1. The fourth-order valence-corrected chi connectivity index (χ4v) is 3.97. The van der Waals surface area contributed by atoms with Gasteiger partial charge in [0.05, 0.1) is 17.3 Å². The molecule has 0 aliphatic carbocycles. The van der Waals surface area contributed by atoms with E-state index in [-0.39, 0.29) is 23.9 Å². The number of hydrogen-bond donors (Lipinski definition) is 1. The standard InChI is InChI=1S/C25H26N4O2/c1-17(20-10-6-4-7-11-20)14-26-23(30)16-28-18(2)22-15-27-29(21-12-8-5-9-13-21)25(31)24(22)19(28)3/h4-13,15,17H,14,16H2,1-3H3,(H,26,30). The summed E-state index contributed by atoms with van der Waals surface area (Å²) < 4.78 is 3.30. The summed E-state index contributed by atoms with van der Waals surface area (Å²) in [5.41, 5.74) is 3.36. The van der Waals surface area contributed by atoms with Gasteiger partial charge < -0.3 is 9.88 Å². The highest BCUT2D eigenvalue weighted by Crippen LogP contribution is 2.22. The molecule has 4 aromatic rings. The van der Waals surface area contributed by atoms with Gasteiger partial charge in [-0.2, -0.15) is 9.78 Å². The van der Waals surface area contributed by atoms with Crippen molar-refractivity contribution in [3.05, 3.63) is 94.2 Å². The Morgan fingerprint density at radius 1 is 1.00 bits per heavy atom. The Hall–Kier alpha value is -3.67. The van der Waals surface area contributed by atoms with Gasteiger partial charge in [-0.05, 0) is 37.5 Å². The van der Waals surface area contributed by atoms with E-state index in [0.717, 1.165) is 16.8 Å². The molecule has 0 bridgehead atoms. The number of carbonyl (C=O) groups excluding carboxylic acids is 1. The molecule has 2 aromatic heterocycles. The van der Waals surface area contributed by atoms with E-state index in [2.05, 4.69) is 29.5 Å². The molecule has 0 fully saturated rings. The van der Waals surface area contributed by atoms with Gasteiger partial charge >= 0.3 is 0 Å². The van der Waals surface area contributed by atoms with Gasteiger partial charge in [-0.15, -0.1) is 0 Å². The molecule has 1 atom stereocenters. The van der Waals surface area contributed by atoms with Gasteiger partial charge in [0.15, 0.2) is 0 Å². The van der Waals surface area contributed by atoms with Crippen LogP contribution in [0.3, 0.4) is 0 Å². The summed E-state index contributed by atoms with van der Waals surface area (Å²) in [7, 11) is 0. The first-order valence-corrected chi connectivity index (χ1v) is 10.4. The molecule has 2 heterocycles. The normalized spacial score (nSPS) is 12.1. The zero-order chi connectivity index (χ0) is 22.0. The van der Waals surface area contributed by atoms with Crippen molar-refractivity contribution in [2.75, 3.05) is 6.54 Å². The van der Waals surface area contributed by atoms with Crippen LogP contribution in [0.5, 0.6) is 0 Å². The fraction of sp³-hybridized carbons (Fsp3) is 0.240. The van der Waals surface area contributed by atoms with E-state index in [1.54, 1.807) is 6.20 Å². The molecule has 0 aliphatic heterocycles. The number of aryl methyl sites for hydroxylation is 2. The molecule has 6 heteroatoms. The average molecular weight is 415 g/mol. The maximum atomic E-state index is 13.2. The van der Waals surface area contributed by atoms with Gasteiger partial charge in [0.25, 0.3) is 5.56 Å². The minimum atomic E-state index is -0.179. The van der Waals surface area contributed by atoms with Crippen molar-refractivity contribution in [1.29, 1.82) is 0 Å². The number of aromatic nitrogens is 3. The first-order chi connectivity index (χ1) is 15.0. The number of fused-ring (bicyclic) bond motifs is 1. The van der Waals surface area contributed by atoms with Crippen LogP contribution in [0.1, 0.15) is 29.8 Å². The molecule has 0 spiro atoms. The molecule has 0 saturated heterocycles. The Bertz CT molecular complexity index is 1270. The van der Waals surface area contributed by atoms with Crippen LogP contribution in [-0.4, -0.2) is 26.8 Å². The summed E-state index contributed by atoms with van der Waals surface area (Å²) in [6.45, 7) is 6.62. The molecule has 1 unspecified atom stereocenters. The number of rotatable bonds is 6. The number of benzene rings is 2. The van der Waals surface area contributed by atoms with Crippen LogP contribution in [0.2, 0.25) is 0 Å².